The Labute approximate surface area is 153 Å². The molecule has 3 N–H and O–H groups in total. The van der Waals surface area contributed by atoms with Gasteiger partial charge in [0.25, 0.3) is 0 Å². The summed E-state index contributed by atoms with van der Waals surface area (Å²) in [5.41, 5.74) is 2.34. The lowest BCUT2D eigenvalue weighted by molar-refractivity contribution is -0.119. The van der Waals surface area contributed by atoms with Gasteiger partial charge in [-0.2, -0.15) is 0 Å². The van der Waals surface area contributed by atoms with Gasteiger partial charge in [-0.05, 0) is 31.1 Å². The summed E-state index contributed by atoms with van der Waals surface area (Å²) in [7, 11) is 0. The van der Waals surface area contributed by atoms with Crippen LogP contribution in [0.25, 0.3) is 10.9 Å². The van der Waals surface area contributed by atoms with Crippen molar-refractivity contribution in [1.29, 1.82) is 0 Å². The van der Waals surface area contributed by atoms with E-state index in [1.54, 1.807) is 12.1 Å². The van der Waals surface area contributed by atoms with Gasteiger partial charge in [0.15, 0.2) is 0 Å². The zero-order valence-corrected chi connectivity index (χ0v) is 14.7. The molecule has 0 saturated heterocycles. The van der Waals surface area contributed by atoms with Crippen LogP contribution in [-0.2, 0) is 11.2 Å². The lowest BCUT2D eigenvalue weighted by Gasteiger charge is -2.07. The number of aryl methyl sites for hydroxylation is 1. The number of carbonyl (C=O) groups excluding carboxylic acids is 1. The normalized spacial score (nSPS) is 14.3. The summed E-state index contributed by atoms with van der Waals surface area (Å²) in [5, 5.41) is 12.7. The number of benzene rings is 1. The van der Waals surface area contributed by atoms with Crippen molar-refractivity contribution in [3.8, 4) is 0 Å². The Morgan fingerprint density at radius 3 is 2.85 bits per heavy atom. The molecule has 5 nitrogen and oxygen atoms in total. The zero-order chi connectivity index (χ0) is 18.8. The largest absolute Gasteiger partial charge is 0.477 e. The van der Waals surface area contributed by atoms with Crippen LogP contribution in [0.5, 0.6) is 0 Å². The predicted molar refractivity (Wildman–Crippen MR) is 97.7 cm³/mol. The molecule has 0 saturated carbocycles. The third-order valence-electron chi connectivity index (χ3n) is 4.13. The van der Waals surface area contributed by atoms with E-state index < -0.39 is 17.7 Å². The highest BCUT2D eigenvalue weighted by Crippen LogP contribution is 2.26. The quantitative estimate of drug-likeness (QED) is 0.753. The second kappa shape index (κ2) is 7.17. The van der Waals surface area contributed by atoms with Crippen LogP contribution >= 0.6 is 11.6 Å². The van der Waals surface area contributed by atoms with E-state index >= 15 is 0 Å². The number of carboxylic acids is 1. The van der Waals surface area contributed by atoms with Crippen LogP contribution in [0.2, 0.25) is 0 Å². The Kier molecular flexibility index (Phi) is 4.95. The number of hydrogen-bond donors (Lipinski definition) is 3. The van der Waals surface area contributed by atoms with Crippen LogP contribution in [0.15, 0.2) is 53.0 Å². The fraction of sp³-hybridized carbons (Fsp3) is 0.158. The molecule has 134 valence electrons. The molecule has 0 spiro atoms. The van der Waals surface area contributed by atoms with Gasteiger partial charge in [0.05, 0.1) is 11.5 Å². The topological polar surface area (TPSA) is 82.2 Å². The summed E-state index contributed by atoms with van der Waals surface area (Å²) in [6, 6.07) is 5.44. The first-order valence-electron chi connectivity index (χ1n) is 7.93. The molecule has 1 aromatic heterocycles. The van der Waals surface area contributed by atoms with Gasteiger partial charge in [0.1, 0.15) is 11.5 Å². The maximum absolute atomic E-state index is 13.5. The average molecular weight is 375 g/mol. The number of para-hydroxylation sites is 1. The first-order valence-corrected chi connectivity index (χ1v) is 8.31. The minimum absolute atomic E-state index is 0.0134. The minimum atomic E-state index is -1.13. The van der Waals surface area contributed by atoms with Gasteiger partial charge in [-0.1, -0.05) is 35.9 Å². The molecule has 0 bridgehead atoms. The predicted octanol–water partition coefficient (Wildman–Crippen LogP) is 4.10. The van der Waals surface area contributed by atoms with Crippen LogP contribution in [0.1, 0.15) is 28.0 Å². The molecule has 0 radical (unpaired) electrons. The Bertz CT molecular complexity index is 1000. The van der Waals surface area contributed by atoms with Crippen molar-refractivity contribution in [2.75, 3.05) is 0 Å². The van der Waals surface area contributed by atoms with E-state index in [2.05, 4.69) is 10.3 Å². The van der Waals surface area contributed by atoms with Gasteiger partial charge in [-0.3, -0.25) is 4.79 Å². The van der Waals surface area contributed by atoms with E-state index in [1.807, 2.05) is 19.1 Å². The molecule has 1 heterocycles. The third kappa shape index (κ3) is 3.55. The van der Waals surface area contributed by atoms with E-state index in [0.717, 1.165) is 5.56 Å². The SMILES string of the molecule is Cc1cccc2c(CC(=O)NC3=CCC=C(F)C(Cl)=C3)c(C(=O)O)[nH]c12. The second-order valence-corrected chi connectivity index (χ2v) is 6.35. The monoisotopic (exact) mass is 374 g/mol. The van der Waals surface area contributed by atoms with Gasteiger partial charge < -0.3 is 15.4 Å². The molecular weight excluding hydrogens is 359 g/mol. The van der Waals surface area contributed by atoms with Crippen LogP contribution in [0.3, 0.4) is 0 Å². The van der Waals surface area contributed by atoms with Crippen molar-refractivity contribution in [1.82, 2.24) is 10.3 Å². The van der Waals surface area contributed by atoms with Crippen LogP contribution < -0.4 is 5.32 Å². The summed E-state index contributed by atoms with van der Waals surface area (Å²) in [6.07, 6.45) is 4.42. The number of carboxylic acid groups (broad SMARTS) is 1. The van der Waals surface area contributed by atoms with Gasteiger partial charge in [0.2, 0.25) is 5.91 Å². The summed E-state index contributed by atoms with van der Waals surface area (Å²) in [5.74, 6) is -2.09. The molecule has 2 aromatic rings. The highest BCUT2D eigenvalue weighted by molar-refractivity contribution is 6.31. The Balaban J connectivity index is 1.88. The molecule has 1 aliphatic rings. The molecule has 0 atom stereocenters. The number of amides is 1. The lowest BCUT2D eigenvalue weighted by Crippen LogP contribution is -2.24. The Hall–Kier alpha value is -2.86. The van der Waals surface area contributed by atoms with Crippen molar-refractivity contribution in [3.05, 3.63) is 69.8 Å². The van der Waals surface area contributed by atoms with Crippen LogP contribution in [0.4, 0.5) is 4.39 Å². The summed E-state index contributed by atoms with van der Waals surface area (Å²) < 4.78 is 13.5. The molecule has 3 rings (SSSR count). The van der Waals surface area contributed by atoms with E-state index in [9.17, 15) is 19.1 Å². The van der Waals surface area contributed by atoms with Gasteiger partial charge in [-0.15, -0.1) is 0 Å². The highest BCUT2D eigenvalue weighted by atomic mass is 35.5. The van der Waals surface area contributed by atoms with Crippen molar-refractivity contribution < 1.29 is 19.1 Å². The summed E-state index contributed by atoms with van der Waals surface area (Å²) in [4.78, 5) is 26.9. The number of aromatic amines is 1. The van der Waals surface area contributed by atoms with Gasteiger partial charge >= 0.3 is 5.97 Å². The number of allylic oxidation sites excluding steroid dienone is 5. The number of aromatic carboxylic acids is 1. The van der Waals surface area contributed by atoms with Crippen molar-refractivity contribution in [2.45, 2.75) is 19.8 Å². The van der Waals surface area contributed by atoms with Crippen LogP contribution in [-0.4, -0.2) is 22.0 Å². The van der Waals surface area contributed by atoms with Crippen molar-refractivity contribution >= 4 is 34.4 Å². The van der Waals surface area contributed by atoms with Gasteiger partial charge in [-0.25, -0.2) is 9.18 Å². The second-order valence-electron chi connectivity index (χ2n) is 5.95. The van der Waals surface area contributed by atoms with Crippen molar-refractivity contribution in [3.63, 3.8) is 0 Å². The Morgan fingerprint density at radius 2 is 2.12 bits per heavy atom. The summed E-state index contributed by atoms with van der Waals surface area (Å²) in [6.45, 7) is 1.86. The number of nitrogens with one attached hydrogen (secondary N) is 2. The molecule has 0 unspecified atom stereocenters. The zero-order valence-electron chi connectivity index (χ0n) is 13.9. The number of rotatable bonds is 4. The fourth-order valence-corrected chi connectivity index (χ4v) is 3.09. The molecule has 7 heteroatoms. The number of halogens is 2. The van der Waals surface area contributed by atoms with Gasteiger partial charge in [0, 0.05) is 22.2 Å². The van der Waals surface area contributed by atoms with E-state index in [1.165, 1.54) is 12.2 Å². The average Bonchev–Trinajstić information content (AvgIpc) is 2.86. The first kappa shape index (κ1) is 17.9. The molecule has 1 aromatic carbocycles. The number of hydrogen-bond acceptors (Lipinski definition) is 2. The number of aromatic nitrogens is 1. The highest BCUT2D eigenvalue weighted by Gasteiger charge is 2.20. The standard InChI is InChI=1S/C19H16ClFN2O3/c1-10-4-2-6-12-13(18(19(25)26)23-17(10)12)9-16(24)22-11-5-3-7-15(21)14(20)8-11/h2,4-8,23H,3,9H2,1H3,(H,22,24)(H,25,26). The van der Waals surface area contributed by atoms with E-state index in [4.69, 9.17) is 11.6 Å². The molecule has 1 amide bonds. The van der Waals surface area contributed by atoms with E-state index in [0.29, 0.717) is 28.6 Å². The maximum Gasteiger partial charge on any atom is 0.352 e. The number of H-pyrrole nitrogens is 1. The summed E-state index contributed by atoms with van der Waals surface area (Å²) >= 11 is 5.80. The molecule has 26 heavy (non-hydrogen) atoms. The molecule has 1 aliphatic carbocycles. The number of carbonyl (C=O) groups is 2. The van der Waals surface area contributed by atoms with Crippen molar-refractivity contribution in [2.24, 2.45) is 0 Å². The third-order valence-corrected chi connectivity index (χ3v) is 4.42. The smallest absolute Gasteiger partial charge is 0.352 e. The lowest BCUT2D eigenvalue weighted by atomic mass is 10.0. The number of fused-ring (bicyclic) bond motifs is 1. The molecule has 0 fully saturated rings. The maximum atomic E-state index is 13.5. The Morgan fingerprint density at radius 1 is 1.35 bits per heavy atom. The van der Waals surface area contributed by atoms with E-state index in [-0.39, 0.29) is 17.1 Å². The van der Waals surface area contributed by atoms with Crippen LogP contribution in [0, 0.1) is 6.92 Å². The fourth-order valence-electron chi connectivity index (χ4n) is 2.89. The first-order chi connectivity index (χ1) is 12.4. The molecule has 0 aliphatic heterocycles. The minimum Gasteiger partial charge on any atom is -0.477 e. The molecular formula is C19H16ClFN2O3.